The summed E-state index contributed by atoms with van der Waals surface area (Å²) in [6.45, 7) is 1.05. The third-order valence-electron chi connectivity index (χ3n) is 3.91. The van der Waals surface area contributed by atoms with Gasteiger partial charge in [-0.3, -0.25) is 0 Å². The zero-order valence-electron chi connectivity index (χ0n) is 13.1. The molecular weight excluding hydrogens is 385 g/mol. The van der Waals surface area contributed by atoms with Gasteiger partial charge in [-0.25, -0.2) is 13.2 Å². The molecule has 0 bridgehead atoms. The fourth-order valence-corrected chi connectivity index (χ4v) is 4.41. The van der Waals surface area contributed by atoms with Crippen molar-refractivity contribution in [3.05, 3.63) is 58.1 Å². The van der Waals surface area contributed by atoms with Crippen LogP contribution in [0.15, 0.2) is 47.4 Å². The highest BCUT2D eigenvalue weighted by Crippen LogP contribution is 2.32. The van der Waals surface area contributed by atoms with E-state index in [1.54, 1.807) is 12.1 Å². The molecule has 132 valence electrons. The van der Waals surface area contributed by atoms with Crippen molar-refractivity contribution >= 4 is 39.2 Å². The van der Waals surface area contributed by atoms with Crippen molar-refractivity contribution in [2.24, 2.45) is 0 Å². The molecule has 1 fully saturated rings. The number of nitrogens with zero attached hydrogens (tertiary/aromatic N) is 1. The van der Waals surface area contributed by atoms with Crippen LogP contribution in [0, 0.1) is 0 Å². The molecule has 0 radical (unpaired) electrons. The van der Waals surface area contributed by atoms with Gasteiger partial charge in [-0.15, -0.1) is 0 Å². The lowest BCUT2D eigenvalue weighted by Crippen LogP contribution is -2.27. The number of ether oxygens (including phenoxy) is 1. The van der Waals surface area contributed by atoms with E-state index in [-0.39, 0.29) is 26.3 Å². The van der Waals surface area contributed by atoms with Crippen molar-refractivity contribution in [2.45, 2.75) is 17.7 Å². The lowest BCUT2D eigenvalue weighted by atomic mass is 10.2. The fraction of sp³-hybridized carbons (Fsp3) is 0.235. The van der Waals surface area contributed by atoms with Crippen LogP contribution in [0.25, 0.3) is 0 Å². The van der Waals surface area contributed by atoms with Gasteiger partial charge >= 0.3 is 5.97 Å². The van der Waals surface area contributed by atoms with E-state index >= 15 is 0 Å². The molecule has 1 aliphatic heterocycles. The number of halogens is 2. The van der Waals surface area contributed by atoms with Crippen molar-refractivity contribution in [2.75, 3.05) is 13.1 Å². The van der Waals surface area contributed by atoms with Crippen molar-refractivity contribution in [1.29, 1.82) is 0 Å². The number of rotatable bonds is 4. The number of hydrogen-bond acceptors (Lipinski definition) is 4. The Balaban J connectivity index is 1.78. The van der Waals surface area contributed by atoms with Gasteiger partial charge < -0.3 is 4.74 Å². The lowest BCUT2D eigenvalue weighted by molar-refractivity contribution is 0.0735. The highest BCUT2D eigenvalue weighted by atomic mass is 35.5. The second-order valence-electron chi connectivity index (χ2n) is 5.58. The number of sulfonamides is 1. The molecule has 5 nitrogen and oxygen atoms in total. The average Bonchev–Trinajstić information content (AvgIpc) is 3.14. The Bertz CT molecular complexity index is 891. The summed E-state index contributed by atoms with van der Waals surface area (Å²) in [6.07, 6.45) is 1.73. The minimum Gasteiger partial charge on any atom is -0.421 e. The molecule has 8 heteroatoms. The largest absolute Gasteiger partial charge is 0.421 e. The van der Waals surface area contributed by atoms with Crippen molar-refractivity contribution in [1.82, 2.24) is 4.31 Å². The topological polar surface area (TPSA) is 63.7 Å². The van der Waals surface area contributed by atoms with Gasteiger partial charge in [-0.1, -0.05) is 29.3 Å². The van der Waals surface area contributed by atoms with Gasteiger partial charge in [-0.05, 0) is 49.2 Å². The summed E-state index contributed by atoms with van der Waals surface area (Å²) >= 11 is 11.9. The molecule has 0 atom stereocenters. The fourth-order valence-electron chi connectivity index (χ4n) is 2.56. The van der Waals surface area contributed by atoms with Crippen LogP contribution in [0.4, 0.5) is 0 Å². The molecule has 25 heavy (non-hydrogen) atoms. The summed E-state index contributed by atoms with van der Waals surface area (Å²) in [5.41, 5.74) is 0.219. The Morgan fingerprint density at radius 1 is 1.00 bits per heavy atom. The van der Waals surface area contributed by atoms with Crippen LogP contribution in [-0.4, -0.2) is 31.8 Å². The van der Waals surface area contributed by atoms with Crippen molar-refractivity contribution in [3.63, 3.8) is 0 Å². The molecule has 1 heterocycles. The molecule has 0 amide bonds. The van der Waals surface area contributed by atoms with E-state index in [0.29, 0.717) is 13.1 Å². The normalized spacial score (nSPS) is 15.3. The van der Waals surface area contributed by atoms with Crippen LogP contribution >= 0.6 is 23.2 Å². The van der Waals surface area contributed by atoms with Crippen LogP contribution in [0.3, 0.4) is 0 Å². The summed E-state index contributed by atoms with van der Waals surface area (Å²) < 4.78 is 31.6. The van der Waals surface area contributed by atoms with E-state index in [1.165, 1.54) is 34.6 Å². The number of hydrogen-bond donors (Lipinski definition) is 0. The second-order valence-corrected chi connectivity index (χ2v) is 8.30. The molecule has 2 aromatic rings. The van der Waals surface area contributed by atoms with Crippen LogP contribution in [0.2, 0.25) is 10.0 Å². The van der Waals surface area contributed by atoms with Crippen LogP contribution in [0.5, 0.6) is 5.75 Å². The quantitative estimate of drug-likeness (QED) is 0.575. The molecule has 0 saturated carbocycles. The van der Waals surface area contributed by atoms with Gasteiger partial charge in [0.05, 0.1) is 15.5 Å². The number of carbonyl (C=O) groups excluding carboxylic acids is 1. The van der Waals surface area contributed by atoms with Gasteiger partial charge in [0.25, 0.3) is 0 Å². The molecule has 3 rings (SSSR count). The predicted octanol–water partition coefficient (Wildman–Crippen LogP) is 4.00. The summed E-state index contributed by atoms with van der Waals surface area (Å²) in [5, 5.41) is 0.421. The molecule has 0 aromatic heterocycles. The van der Waals surface area contributed by atoms with Gasteiger partial charge in [0, 0.05) is 13.1 Å². The standard InChI is InChI=1S/C17H15Cl2NO4S/c18-14-4-3-5-15(16(14)19)24-17(21)12-6-8-13(9-7-12)25(22,23)20-10-1-2-11-20/h3-9H,1-2,10-11H2. The highest BCUT2D eigenvalue weighted by molar-refractivity contribution is 7.89. The molecule has 0 unspecified atom stereocenters. The number of esters is 1. The van der Waals surface area contributed by atoms with E-state index in [2.05, 4.69) is 0 Å². The molecule has 2 aromatic carbocycles. The van der Waals surface area contributed by atoms with E-state index in [0.717, 1.165) is 12.8 Å². The predicted molar refractivity (Wildman–Crippen MR) is 95.9 cm³/mol. The first-order valence-corrected chi connectivity index (χ1v) is 9.85. The number of benzene rings is 2. The minimum atomic E-state index is -3.51. The maximum absolute atomic E-state index is 12.5. The Kier molecular flexibility index (Phi) is 5.34. The summed E-state index contributed by atoms with van der Waals surface area (Å²) in [5.74, 6) is -0.498. The molecule has 0 aliphatic carbocycles. The molecular formula is C17H15Cl2NO4S. The summed E-state index contributed by atoms with van der Waals surface area (Å²) in [7, 11) is -3.51. The van der Waals surface area contributed by atoms with E-state index < -0.39 is 16.0 Å². The number of carbonyl (C=O) groups is 1. The summed E-state index contributed by atoms with van der Waals surface area (Å²) in [6, 6.07) is 10.4. The van der Waals surface area contributed by atoms with Crippen LogP contribution in [-0.2, 0) is 10.0 Å². The first-order chi connectivity index (χ1) is 11.9. The Morgan fingerprint density at radius 2 is 1.64 bits per heavy atom. The highest BCUT2D eigenvalue weighted by Gasteiger charge is 2.27. The second kappa shape index (κ2) is 7.33. The average molecular weight is 400 g/mol. The zero-order chi connectivity index (χ0) is 18.0. The third kappa shape index (κ3) is 3.82. The molecule has 0 N–H and O–H groups in total. The zero-order valence-corrected chi connectivity index (χ0v) is 15.4. The van der Waals surface area contributed by atoms with Crippen LogP contribution in [0.1, 0.15) is 23.2 Å². The first-order valence-electron chi connectivity index (χ1n) is 7.66. The lowest BCUT2D eigenvalue weighted by Gasteiger charge is -2.15. The minimum absolute atomic E-state index is 0.144. The van der Waals surface area contributed by atoms with E-state index in [1.807, 2.05) is 0 Å². The Hall–Kier alpha value is -1.60. The molecule has 1 aliphatic rings. The smallest absolute Gasteiger partial charge is 0.343 e. The maximum Gasteiger partial charge on any atom is 0.343 e. The summed E-state index contributed by atoms with van der Waals surface area (Å²) in [4.78, 5) is 12.4. The SMILES string of the molecule is O=C(Oc1cccc(Cl)c1Cl)c1ccc(S(=O)(=O)N2CCCC2)cc1. The third-order valence-corrected chi connectivity index (χ3v) is 6.63. The van der Waals surface area contributed by atoms with E-state index in [9.17, 15) is 13.2 Å². The molecule has 1 saturated heterocycles. The Labute approximate surface area is 156 Å². The first kappa shape index (κ1) is 18.2. The van der Waals surface area contributed by atoms with E-state index in [4.69, 9.17) is 27.9 Å². The Morgan fingerprint density at radius 3 is 2.28 bits per heavy atom. The monoisotopic (exact) mass is 399 g/mol. The van der Waals surface area contributed by atoms with Crippen molar-refractivity contribution in [3.8, 4) is 5.75 Å². The molecule has 0 spiro atoms. The van der Waals surface area contributed by atoms with Gasteiger partial charge in [0.15, 0.2) is 5.75 Å². The van der Waals surface area contributed by atoms with Gasteiger partial charge in [0.2, 0.25) is 10.0 Å². The van der Waals surface area contributed by atoms with Crippen molar-refractivity contribution < 1.29 is 17.9 Å². The van der Waals surface area contributed by atoms with Gasteiger partial charge in [-0.2, -0.15) is 4.31 Å². The maximum atomic E-state index is 12.5. The van der Waals surface area contributed by atoms with Crippen LogP contribution < -0.4 is 4.74 Å². The van der Waals surface area contributed by atoms with Gasteiger partial charge in [0.1, 0.15) is 5.02 Å².